The lowest BCUT2D eigenvalue weighted by molar-refractivity contribution is -0.0387. The first-order chi connectivity index (χ1) is 20.0. The molecular weight excluding hydrogens is 522 g/mol. The van der Waals surface area contributed by atoms with E-state index in [1.54, 1.807) is 66.7 Å². The summed E-state index contributed by atoms with van der Waals surface area (Å²) in [5.41, 5.74) is 9.15. The Kier molecular flexibility index (Phi) is 10.2. The number of esters is 1. The molecule has 4 aromatic carbocycles. The van der Waals surface area contributed by atoms with E-state index in [1.165, 1.54) is 7.11 Å². The quantitative estimate of drug-likeness (QED) is 0.0677. The first-order valence-corrected chi connectivity index (χ1v) is 12.9. The van der Waals surface area contributed by atoms with Crippen LogP contribution in [0.15, 0.2) is 97.1 Å². The van der Waals surface area contributed by atoms with Crippen LogP contribution in [-0.2, 0) is 20.8 Å². The molecule has 0 heterocycles. The standard InChI is InChI=1S/C32H31N3O6/c1-38-21-39-17-18-40-25-15-16-27(29(19-25)32(37)41-20-22-7-3-2-4-8-22)26-9-5-6-10-28(26)31(36)35-24-13-11-23(12-14-24)30(33)34/h2-16,19H,17-18,20-21H2,1H3,(H3,33,34)(H,35,36). The van der Waals surface area contributed by atoms with Crippen LogP contribution in [0.4, 0.5) is 5.69 Å². The number of hydrogen-bond donors (Lipinski definition) is 3. The Morgan fingerprint density at radius 2 is 1.54 bits per heavy atom. The molecule has 0 atom stereocenters. The molecule has 0 spiro atoms. The van der Waals surface area contributed by atoms with Crippen molar-refractivity contribution in [2.24, 2.45) is 5.73 Å². The highest BCUT2D eigenvalue weighted by Crippen LogP contribution is 2.31. The van der Waals surface area contributed by atoms with E-state index in [4.69, 9.17) is 30.1 Å². The average molecular weight is 554 g/mol. The van der Waals surface area contributed by atoms with Gasteiger partial charge in [0, 0.05) is 23.9 Å². The largest absolute Gasteiger partial charge is 0.491 e. The molecule has 9 heteroatoms. The maximum atomic E-state index is 13.4. The molecule has 4 aromatic rings. The van der Waals surface area contributed by atoms with Crippen molar-refractivity contribution in [1.29, 1.82) is 5.41 Å². The van der Waals surface area contributed by atoms with E-state index in [-0.39, 0.29) is 37.3 Å². The van der Waals surface area contributed by atoms with Gasteiger partial charge in [-0.3, -0.25) is 10.2 Å². The van der Waals surface area contributed by atoms with Crippen molar-refractivity contribution in [3.8, 4) is 16.9 Å². The van der Waals surface area contributed by atoms with Gasteiger partial charge in [-0.05, 0) is 65.2 Å². The number of amidine groups is 1. The molecule has 0 radical (unpaired) electrons. The Morgan fingerprint density at radius 3 is 2.27 bits per heavy atom. The number of nitrogens with two attached hydrogens (primary N) is 1. The number of amides is 1. The van der Waals surface area contributed by atoms with Gasteiger partial charge in [-0.1, -0.05) is 48.5 Å². The van der Waals surface area contributed by atoms with E-state index in [2.05, 4.69) is 5.32 Å². The summed E-state index contributed by atoms with van der Waals surface area (Å²) < 4.78 is 21.6. The van der Waals surface area contributed by atoms with E-state index in [9.17, 15) is 9.59 Å². The molecule has 0 aliphatic rings. The third-order valence-corrected chi connectivity index (χ3v) is 6.04. The molecule has 0 bridgehead atoms. The Balaban J connectivity index is 1.62. The zero-order valence-electron chi connectivity index (χ0n) is 22.6. The Morgan fingerprint density at radius 1 is 0.829 bits per heavy atom. The fourth-order valence-corrected chi connectivity index (χ4v) is 4.03. The highest BCUT2D eigenvalue weighted by molar-refractivity contribution is 6.10. The highest BCUT2D eigenvalue weighted by atomic mass is 16.7. The number of nitrogens with one attached hydrogen (secondary N) is 2. The van der Waals surface area contributed by atoms with Gasteiger partial charge in [-0.15, -0.1) is 0 Å². The number of ether oxygens (including phenoxy) is 4. The topological polar surface area (TPSA) is 133 Å². The lowest BCUT2D eigenvalue weighted by atomic mass is 9.94. The summed E-state index contributed by atoms with van der Waals surface area (Å²) in [7, 11) is 1.54. The van der Waals surface area contributed by atoms with Gasteiger partial charge in [-0.25, -0.2) is 4.79 Å². The molecular formula is C32H31N3O6. The molecule has 210 valence electrons. The monoisotopic (exact) mass is 553 g/mol. The van der Waals surface area contributed by atoms with Crippen molar-refractivity contribution in [3.05, 3.63) is 119 Å². The number of hydrogen-bond acceptors (Lipinski definition) is 7. The highest BCUT2D eigenvalue weighted by Gasteiger charge is 2.21. The van der Waals surface area contributed by atoms with Crippen LogP contribution in [0, 0.1) is 5.41 Å². The van der Waals surface area contributed by atoms with E-state index in [1.807, 2.05) is 30.3 Å². The number of rotatable bonds is 13. The molecule has 41 heavy (non-hydrogen) atoms. The first-order valence-electron chi connectivity index (χ1n) is 12.9. The van der Waals surface area contributed by atoms with Crippen molar-refractivity contribution in [1.82, 2.24) is 0 Å². The number of carbonyl (C=O) groups is 2. The zero-order valence-corrected chi connectivity index (χ0v) is 22.6. The molecule has 0 aliphatic heterocycles. The summed E-state index contributed by atoms with van der Waals surface area (Å²) in [5.74, 6) is -0.529. The van der Waals surface area contributed by atoms with Crippen molar-refractivity contribution in [3.63, 3.8) is 0 Å². The summed E-state index contributed by atoms with van der Waals surface area (Å²) in [5, 5.41) is 10.4. The van der Waals surface area contributed by atoms with E-state index in [0.717, 1.165) is 5.56 Å². The molecule has 0 unspecified atom stereocenters. The van der Waals surface area contributed by atoms with Crippen LogP contribution in [0.25, 0.3) is 11.1 Å². The first kappa shape index (κ1) is 29.0. The number of nitrogen functional groups attached to an aromatic ring is 1. The summed E-state index contributed by atoms with van der Waals surface area (Å²) in [4.78, 5) is 26.8. The van der Waals surface area contributed by atoms with E-state index in [0.29, 0.717) is 40.3 Å². The summed E-state index contributed by atoms with van der Waals surface area (Å²) in [6.45, 7) is 0.801. The number of methoxy groups -OCH3 is 1. The van der Waals surface area contributed by atoms with Crippen molar-refractivity contribution < 1.29 is 28.5 Å². The minimum Gasteiger partial charge on any atom is -0.491 e. The Labute approximate surface area is 238 Å². The van der Waals surface area contributed by atoms with Crippen molar-refractivity contribution in [2.45, 2.75) is 6.61 Å². The van der Waals surface area contributed by atoms with Crippen LogP contribution in [0.1, 0.15) is 31.8 Å². The van der Waals surface area contributed by atoms with Crippen LogP contribution >= 0.6 is 0 Å². The van der Waals surface area contributed by atoms with Crippen LogP contribution in [0.2, 0.25) is 0 Å². The fraction of sp³-hybridized carbons (Fsp3) is 0.156. The molecule has 4 rings (SSSR count). The molecule has 4 N–H and O–H groups in total. The second kappa shape index (κ2) is 14.4. The normalized spacial score (nSPS) is 10.6. The third-order valence-electron chi connectivity index (χ3n) is 6.04. The molecule has 0 saturated heterocycles. The Bertz CT molecular complexity index is 1490. The summed E-state index contributed by atoms with van der Waals surface area (Å²) in [6, 6.07) is 28.1. The van der Waals surface area contributed by atoms with E-state index < -0.39 is 5.97 Å². The van der Waals surface area contributed by atoms with Crippen LogP contribution in [0.3, 0.4) is 0 Å². The molecule has 0 aromatic heterocycles. The van der Waals surface area contributed by atoms with Crippen molar-refractivity contribution in [2.75, 3.05) is 32.4 Å². The predicted molar refractivity (Wildman–Crippen MR) is 156 cm³/mol. The summed E-state index contributed by atoms with van der Waals surface area (Å²) >= 11 is 0. The zero-order chi connectivity index (χ0) is 29.0. The van der Waals surface area contributed by atoms with Crippen molar-refractivity contribution >= 4 is 23.4 Å². The second-order valence-corrected chi connectivity index (χ2v) is 8.92. The molecule has 0 saturated carbocycles. The number of carbonyl (C=O) groups excluding carboxylic acids is 2. The molecule has 1 amide bonds. The van der Waals surface area contributed by atoms with Gasteiger partial charge in [0.15, 0.2) is 0 Å². The maximum Gasteiger partial charge on any atom is 0.339 e. The Hall–Kier alpha value is -4.99. The lowest BCUT2D eigenvalue weighted by Gasteiger charge is -2.16. The number of benzene rings is 4. The van der Waals surface area contributed by atoms with Gasteiger partial charge in [0.2, 0.25) is 0 Å². The molecule has 0 aliphatic carbocycles. The second-order valence-electron chi connectivity index (χ2n) is 8.92. The minimum atomic E-state index is -0.556. The third kappa shape index (κ3) is 8.01. The predicted octanol–water partition coefficient (Wildman–Crippen LogP) is 5.25. The van der Waals surface area contributed by atoms with Gasteiger partial charge in [0.1, 0.15) is 31.6 Å². The maximum absolute atomic E-state index is 13.4. The lowest BCUT2D eigenvalue weighted by Crippen LogP contribution is -2.15. The minimum absolute atomic E-state index is 0.0603. The van der Waals surface area contributed by atoms with Gasteiger partial charge in [-0.2, -0.15) is 0 Å². The van der Waals surface area contributed by atoms with Crippen LogP contribution in [0.5, 0.6) is 5.75 Å². The number of anilines is 1. The SMILES string of the molecule is COCOCCOc1ccc(-c2ccccc2C(=O)Nc2ccc(C(=N)N)cc2)c(C(=O)OCc2ccccc2)c1. The summed E-state index contributed by atoms with van der Waals surface area (Å²) in [6.07, 6.45) is 0. The van der Waals surface area contributed by atoms with E-state index >= 15 is 0 Å². The average Bonchev–Trinajstić information content (AvgIpc) is 3.00. The van der Waals surface area contributed by atoms with Gasteiger partial charge >= 0.3 is 5.97 Å². The molecule has 9 nitrogen and oxygen atoms in total. The van der Waals surface area contributed by atoms with Gasteiger partial charge in [0.25, 0.3) is 5.91 Å². The van der Waals surface area contributed by atoms with Gasteiger partial charge in [0.05, 0.1) is 12.2 Å². The fourth-order valence-electron chi connectivity index (χ4n) is 4.03. The molecule has 0 fully saturated rings. The van der Waals surface area contributed by atoms with Crippen LogP contribution < -0.4 is 15.8 Å². The van der Waals surface area contributed by atoms with Gasteiger partial charge < -0.3 is 30.0 Å². The smallest absolute Gasteiger partial charge is 0.339 e. The van der Waals surface area contributed by atoms with Crippen LogP contribution in [-0.4, -0.2) is 44.8 Å².